The first-order chi connectivity index (χ1) is 12.1. The summed E-state index contributed by atoms with van der Waals surface area (Å²) < 4.78 is 0.754. The second kappa shape index (κ2) is 6.61. The fourth-order valence-corrected chi connectivity index (χ4v) is 3.38. The molecule has 7 heteroatoms. The van der Waals surface area contributed by atoms with E-state index < -0.39 is 0 Å². The first kappa shape index (κ1) is 16.3. The Morgan fingerprint density at radius 1 is 1.12 bits per heavy atom. The zero-order valence-electron chi connectivity index (χ0n) is 13.5. The van der Waals surface area contributed by atoms with Gasteiger partial charge in [0.1, 0.15) is 5.82 Å². The molecule has 0 unspecified atom stereocenters. The molecule has 3 aromatic rings. The number of aryl methyl sites for hydroxylation is 1. The highest BCUT2D eigenvalue weighted by molar-refractivity contribution is 9.10. The molecule has 0 amide bonds. The van der Waals surface area contributed by atoms with E-state index in [-0.39, 0.29) is 5.28 Å². The third-order valence-corrected chi connectivity index (χ3v) is 4.85. The van der Waals surface area contributed by atoms with Crippen LogP contribution < -0.4 is 10.2 Å². The van der Waals surface area contributed by atoms with Crippen molar-refractivity contribution in [3.05, 3.63) is 58.1 Å². The predicted octanol–water partition coefficient (Wildman–Crippen LogP) is 4.87. The quantitative estimate of drug-likeness (QED) is 0.488. The van der Waals surface area contributed by atoms with Crippen LogP contribution in [0.15, 0.2) is 47.1 Å². The molecule has 0 saturated heterocycles. The highest BCUT2D eigenvalue weighted by Gasteiger charge is 2.18. The van der Waals surface area contributed by atoms with E-state index in [2.05, 4.69) is 59.3 Å². The zero-order chi connectivity index (χ0) is 17.4. The Labute approximate surface area is 158 Å². The van der Waals surface area contributed by atoms with Gasteiger partial charge in [0.05, 0.1) is 21.4 Å². The molecule has 0 saturated carbocycles. The van der Waals surface area contributed by atoms with Gasteiger partial charge in [-0.2, -0.15) is 4.98 Å². The van der Waals surface area contributed by atoms with Crippen LogP contribution in [0.3, 0.4) is 0 Å². The van der Waals surface area contributed by atoms with Crippen molar-refractivity contribution in [1.29, 1.82) is 0 Å². The van der Waals surface area contributed by atoms with Crippen LogP contribution in [0.5, 0.6) is 0 Å². The van der Waals surface area contributed by atoms with Crippen molar-refractivity contribution in [2.24, 2.45) is 0 Å². The van der Waals surface area contributed by atoms with Crippen molar-refractivity contribution in [3.8, 4) is 0 Å². The van der Waals surface area contributed by atoms with E-state index in [9.17, 15) is 0 Å². The van der Waals surface area contributed by atoms with Gasteiger partial charge in [-0.05, 0) is 58.7 Å². The lowest BCUT2D eigenvalue weighted by molar-refractivity contribution is 1.01. The zero-order valence-corrected chi connectivity index (χ0v) is 15.8. The molecule has 2 aromatic heterocycles. The molecule has 1 aliphatic rings. The van der Waals surface area contributed by atoms with Crippen LogP contribution >= 0.6 is 27.5 Å². The molecule has 4 rings (SSSR count). The number of hydrogen-bond donors (Lipinski definition) is 1. The number of hydrogen-bond acceptors (Lipinski definition) is 5. The van der Waals surface area contributed by atoms with E-state index in [1.807, 2.05) is 25.1 Å². The topological polar surface area (TPSA) is 53.9 Å². The lowest BCUT2D eigenvalue weighted by Crippen LogP contribution is -2.20. The van der Waals surface area contributed by atoms with Crippen molar-refractivity contribution in [1.82, 2.24) is 15.0 Å². The van der Waals surface area contributed by atoms with Crippen molar-refractivity contribution < 1.29 is 0 Å². The summed E-state index contributed by atoms with van der Waals surface area (Å²) in [5.41, 5.74) is 4.05. The van der Waals surface area contributed by atoms with Crippen molar-refractivity contribution in [2.75, 3.05) is 23.3 Å². The summed E-state index contributed by atoms with van der Waals surface area (Å²) in [5.74, 6) is 0.632. The summed E-state index contributed by atoms with van der Waals surface area (Å²) in [6.07, 6.45) is 5.98. The number of fused-ring (bicyclic) bond motifs is 1. The normalized spacial score (nSPS) is 13.6. The monoisotopic (exact) mass is 415 g/mol. The SMILES string of the molecule is Cc1ccc2c(N3CC=CC3)c(Nc3nc(Cl)ncc3Br)ccc2n1. The van der Waals surface area contributed by atoms with Crippen LogP contribution in [0.25, 0.3) is 10.9 Å². The van der Waals surface area contributed by atoms with Gasteiger partial charge in [-0.25, -0.2) is 4.98 Å². The fraction of sp³-hybridized carbons (Fsp3) is 0.167. The van der Waals surface area contributed by atoms with Crippen LogP contribution in [-0.2, 0) is 0 Å². The maximum atomic E-state index is 5.95. The largest absolute Gasteiger partial charge is 0.362 e. The second-order valence-electron chi connectivity index (χ2n) is 5.82. The van der Waals surface area contributed by atoms with Crippen LogP contribution in [0.2, 0.25) is 5.28 Å². The van der Waals surface area contributed by atoms with E-state index >= 15 is 0 Å². The van der Waals surface area contributed by atoms with E-state index in [4.69, 9.17) is 11.6 Å². The predicted molar refractivity (Wildman–Crippen MR) is 106 cm³/mol. The molecule has 0 atom stereocenters. The highest BCUT2D eigenvalue weighted by Crippen LogP contribution is 2.37. The maximum absolute atomic E-state index is 5.95. The maximum Gasteiger partial charge on any atom is 0.224 e. The van der Waals surface area contributed by atoms with E-state index in [0.29, 0.717) is 5.82 Å². The van der Waals surface area contributed by atoms with Gasteiger partial charge in [-0.1, -0.05) is 12.2 Å². The van der Waals surface area contributed by atoms with Crippen molar-refractivity contribution >= 4 is 55.6 Å². The number of aromatic nitrogens is 3. The molecular weight excluding hydrogens is 402 g/mol. The standard InChI is InChI=1S/C18H15BrClN5/c1-11-4-5-12-14(22-11)6-7-15(16(12)25-8-2-3-9-25)23-17-13(19)10-21-18(20)24-17/h2-7,10H,8-9H2,1H3,(H,21,23,24). The Hall–Kier alpha value is -2.18. The van der Waals surface area contributed by atoms with E-state index in [1.165, 1.54) is 0 Å². The third kappa shape index (κ3) is 3.19. The van der Waals surface area contributed by atoms with Gasteiger partial charge in [0.2, 0.25) is 5.28 Å². The molecule has 0 radical (unpaired) electrons. The van der Waals surface area contributed by atoms with Crippen molar-refractivity contribution in [3.63, 3.8) is 0 Å². The van der Waals surface area contributed by atoms with Gasteiger partial charge in [0, 0.05) is 30.4 Å². The second-order valence-corrected chi connectivity index (χ2v) is 7.01. The van der Waals surface area contributed by atoms with E-state index in [1.54, 1.807) is 6.20 Å². The summed E-state index contributed by atoms with van der Waals surface area (Å²) in [5, 5.41) is 4.69. The minimum atomic E-state index is 0.202. The van der Waals surface area contributed by atoms with Gasteiger partial charge >= 0.3 is 0 Å². The number of halogens is 2. The van der Waals surface area contributed by atoms with E-state index in [0.717, 1.165) is 45.5 Å². The molecule has 1 N–H and O–H groups in total. The number of rotatable bonds is 3. The minimum Gasteiger partial charge on any atom is -0.362 e. The van der Waals surface area contributed by atoms with Crippen LogP contribution in [0.1, 0.15) is 5.69 Å². The van der Waals surface area contributed by atoms with Crippen LogP contribution in [-0.4, -0.2) is 28.0 Å². The van der Waals surface area contributed by atoms with Gasteiger partial charge in [-0.3, -0.25) is 4.98 Å². The van der Waals surface area contributed by atoms with Crippen molar-refractivity contribution in [2.45, 2.75) is 6.92 Å². The summed E-state index contributed by atoms with van der Waals surface area (Å²) in [4.78, 5) is 15.2. The summed E-state index contributed by atoms with van der Waals surface area (Å²) in [6, 6.07) is 8.22. The number of benzene rings is 1. The Balaban J connectivity index is 1.86. The van der Waals surface area contributed by atoms with Gasteiger partial charge in [0.15, 0.2) is 0 Å². The Kier molecular flexibility index (Phi) is 4.31. The molecular formula is C18H15BrClN5. The average molecular weight is 417 g/mol. The number of anilines is 3. The number of nitrogens with one attached hydrogen (secondary N) is 1. The minimum absolute atomic E-state index is 0.202. The van der Waals surface area contributed by atoms with Crippen LogP contribution in [0.4, 0.5) is 17.2 Å². The molecule has 1 aromatic carbocycles. The first-order valence-corrected chi connectivity index (χ1v) is 9.04. The lowest BCUT2D eigenvalue weighted by atomic mass is 10.1. The smallest absolute Gasteiger partial charge is 0.224 e. The molecule has 25 heavy (non-hydrogen) atoms. The molecule has 1 aliphatic heterocycles. The van der Waals surface area contributed by atoms with Gasteiger partial charge in [0.25, 0.3) is 0 Å². The van der Waals surface area contributed by atoms with Gasteiger partial charge in [-0.15, -0.1) is 0 Å². The number of pyridine rings is 1. The molecule has 0 bridgehead atoms. The highest BCUT2D eigenvalue weighted by atomic mass is 79.9. The fourth-order valence-electron chi connectivity index (χ4n) is 2.95. The lowest BCUT2D eigenvalue weighted by Gasteiger charge is -2.24. The summed E-state index contributed by atoms with van der Waals surface area (Å²) in [7, 11) is 0. The molecule has 5 nitrogen and oxygen atoms in total. The molecule has 126 valence electrons. The molecule has 0 fully saturated rings. The van der Waals surface area contributed by atoms with Gasteiger partial charge < -0.3 is 10.2 Å². The van der Waals surface area contributed by atoms with Crippen LogP contribution in [0, 0.1) is 6.92 Å². The first-order valence-electron chi connectivity index (χ1n) is 7.87. The molecule has 3 heterocycles. The summed E-state index contributed by atoms with van der Waals surface area (Å²) in [6.45, 7) is 3.74. The third-order valence-electron chi connectivity index (χ3n) is 4.08. The Morgan fingerprint density at radius 3 is 2.72 bits per heavy atom. The molecule has 0 spiro atoms. The Morgan fingerprint density at radius 2 is 1.92 bits per heavy atom. The molecule has 0 aliphatic carbocycles. The Bertz CT molecular complexity index is 981. The average Bonchev–Trinajstić information content (AvgIpc) is 3.12. The summed E-state index contributed by atoms with van der Waals surface area (Å²) >= 11 is 9.42. The number of nitrogens with zero attached hydrogens (tertiary/aromatic N) is 4.